The number of rotatable bonds is 4. The van der Waals surface area contributed by atoms with Crippen molar-refractivity contribution < 1.29 is 14.6 Å². The Morgan fingerprint density at radius 1 is 1.35 bits per heavy atom. The molecular weight excluding hydrogens is 256 g/mol. The monoisotopic (exact) mass is 278 g/mol. The fourth-order valence-corrected chi connectivity index (χ4v) is 2.46. The molecule has 0 bridgehead atoms. The van der Waals surface area contributed by atoms with Crippen LogP contribution in [0.3, 0.4) is 0 Å². The number of hydrogen-bond donors (Lipinski definition) is 3. The summed E-state index contributed by atoms with van der Waals surface area (Å²) in [6, 6.07) is 6.84. The minimum Gasteiger partial charge on any atom is -0.492 e. The Bertz CT molecular complexity index is 450. The molecule has 0 aromatic heterocycles. The van der Waals surface area contributed by atoms with E-state index in [2.05, 4.69) is 10.6 Å². The van der Waals surface area contributed by atoms with Crippen LogP contribution in [0, 0.1) is 0 Å². The molecule has 0 unspecified atom stereocenters. The van der Waals surface area contributed by atoms with Gasteiger partial charge in [-0.05, 0) is 31.9 Å². The second-order valence-corrected chi connectivity index (χ2v) is 4.99. The summed E-state index contributed by atoms with van der Waals surface area (Å²) in [7, 11) is 0. The quantitative estimate of drug-likeness (QED) is 0.792. The van der Waals surface area contributed by atoms with Crippen LogP contribution in [0.5, 0.6) is 5.75 Å². The number of aliphatic hydroxyl groups excluding tert-OH is 1. The van der Waals surface area contributed by atoms with Crippen molar-refractivity contribution in [2.45, 2.75) is 44.8 Å². The molecule has 1 aromatic rings. The van der Waals surface area contributed by atoms with E-state index in [4.69, 9.17) is 4.74 Å². The summed E-state index contributed by atoms with van der Waals surface area (Å²) in [6.07, 6.45) is 3.19. The average Bonchev–Trinajstić information content (AvgIpc) is 2.44. The predicted molar refractivity (Wildman–Crippen MR) is 78.0 cm³/mol. The van der Waals surface area contributed by atoms with Crippen LogP contribution < -0.4 is 15.4 Å². The molecule has 2 rings (SSSR count). The number of hydrogen-bond acceptors (Lipinski definition) is 3. The topological polar surface area (TPSA) is 70.6 Å². The number of nitrogens with one attached hydrogen (secondary N) is 2. The van der Waals surface area contributed by atoms with Crippen LogP contribution in [0.15, 0.2) is 24.3 Å². The highest BCUT2D eigenvalue weighted by molar-refractivity contribution is 5.91. The van der Waals surface area contributed by atoms with Gasteiger partial charge in [-0.3, -0.25) is 0 Å². The minimum absolute atomic E-state index is 0.164. The van der Waals surface area contributed by atoms with Crippen molar-refractivity contribution in [3.8, 4) is 5.75 Å². The molecule has 5 nitrogen and oxygen atoms in total. The van der Waals surface area contributed by atoms with Gasteiger partial charge in [0.1, 0.15) is 5.75 Å². The molecule has 1 aromatic carbocycles. The molecule has 2 amide bonds. The number of carbonyl (C=O) groups is 1. The van der Waals surface area contributed by atoms with Gasteiger partial charge < -0.3 is 20.5 Å². The molecule has 0 radical (unpaired) electrons. The van der Waals surface area contributed by atoms with Crippen molar-refractivity contribution in [2.24, 2.45) is 0 Å². The third-order valence-electron chi connectivity index (χ3n) is 3.48. The van der Waals surface area contributed by atoms with Gasteiger partial charge in [0.25, 0.3) is 0 Å². The van der Waals surface area contributed by atoms with E-state index in [1.165, 1.54) is 0 Å². The zero-order valence-corrected chi connectivity index (χ0v) is 11.8. The van der Waals surface area contributed by atoms with E-state index in [1.807, 2.05) is 25.1 Å². The third kappa shape index (κ3) is 3.87. The summed E-state index contributed by atoms with van der Waals surface area (Å²) in [4.78, 5) is 12.0. The van der Waals surface area contributed by atoms with E-state index in [0.717, 1.165) is 25.7 Å². The highest BCUT2D eigenvalue weighted by Gasteiger charge is 2.24. The van der Waals surface area contributed by atoms with Crippen LogP contribution in [-0.2, 0) is 0 Å². The molecule has 1 saturated carbocycles. The maximum atomic E-state index is 12.0. The number of ether oxygens (including phenoxy) is 1. The average molecular weight is 278 g/mol. The van der Waals surface area contributed by atoms with E-state index < -0.39 is 6.10 Å². The number of carbonyl (C=O) groups excluding carboxylic acids is 1. The van der Waals surface area contributed by atoms with Crippen molar-refractivity contribution in [1.82, 2.24) is 5.32 Å². The van der Waals surface area contributed by atoms with Crippen LogP contribution in [0.1, 0.15) is 32.6 Å². The Hall–Kier alpha value is -1.75. The van der Waals surface area contributed by atoms with Gasteiger partial charge in [0.2, 0.25) is 0 Å². The number of urea groups is 1. The lowest BCUT2D eigenvalue weighted by Gasteiger charge is -2.28. The fraction of sp³-hybridized carbons (Fsp3) is 0.533. The van der Waals surface area contributed by atoms with Gasteiger partial charge in [0.05, 0.1) is 24.4 Å². The molecule has 3 N–H and O–H groups in total. The SMILES string of the molecule is CCOc1ccccc1NC(=O)N[C@@H]1CCCC[C@@H]1O. The summed E-state index contributed by atoms with van der Waals surface area (Å²) in [5.74, 6) is 0.648. The molecule has 0 spiro atoms. The molecule has 1 fully saturated rings. The lowest BCUT2D eigenvalue weighted by atomic mass is 9.93. The number of amides is 2. The first-order valence-electron chi connectivity index (χ1n) is 7.18. The predicted octanol–water partition coefficient (Wildman–Crippen LogP) is 2.51. The first kappa shape index (κ1) is 14.7. The zero-order valence-electron chi connectivity index (χ0n) is 11.8. The van der Waals surface area contributed by atoms with Crippen molar-refractivity contribution in [3.63, 3.8) is 0 Å². The van der Waals surface area contributed by atoms with E-state index >= 15 is 0 Å². The fourth-order valence-electron chi connectivity index (χ4n) is 2.46. The Kier molecular flexibility index (Phi) is 5.24. The summed E-state index contributed by atoms with van der Waals surface area (Å²) in [5.41, 5.74) is 0.636. The molecule has 2 atom stereocenters. The van der Waals surface area contributed by atoms with Gasteiger partial charge >= 0.3 is 6.03 Å². The maximum Gasteiger partial charge on any atom is 0.319 e. The smallest absolute Gasteiger partial charge is 0.319 e. The summed E-state index contributed by atoms with van der Waals surface area (Å²) in [5, 5.41) is 15.5. The highest BCUT2D eigenvalue weighted by atomic mass is 16.5. The van der Waals surface area contributed by atoms with Crippen molar-refractivity contribution in [3.05, 3.63) is 24.3 Å². The third-order valence-corrected chi connectivity index (χ3v) is 3.48. The molecular formula is C15H22N2O3. The van der Waals surface area contributed by atoms with Crippen LogP contribution in [0.4, 0.5) is 10.5 Å². The second kappa shape index (κ2) is 7.14. The van der Waals surface area contributed by atoms with Gasteiger partial charge in [-0.2, -0.15) is 0 Å². The van der Waals surface area contributed by atoms with Gasteiger partial charge in [-0.1, -0.05) is 25.0 Å². The van der Waals surface area contributed by atoms with Gasteiger partial charge in [0.15, 0.2) is 0 Å². The molecule has 1 aliphatic carbocycles. The van der Waals surface area contributed by atoms with Crippen LogP contribution in [0.25, 0.3) is 0 Å². The minimum atomic E-state index is -0.448. The van der Waals surface area contributed by atoms with E-state index in [0.29, 0.717) is 18.0 Å². The lowest BCUT2D eigenvalue weighted by molar-refractivity contribution is 0.0955. The van der Waals surface area contributed by atoms with Crippen molar-refractivity contribution in [2.75, 3.05) is 11.9 Å². The Labute approximate surface area is 119 Å². The molecule has 0 aliphatic heterocycles. The molecule has 0 heterocycles. The van der Waals surface area contributed by atoms with Crippen LogP contribution in [-0.4, -0.2) is 29.9 Å². The summed E-state index contributed by atoms with van der Waals surface area (Å²) in [6.45, 7) is 2.44. The molecule has 20 heavy (non-hydrogen) atoms. The Morgan fingerprint density at radius 2 is 2.10 bits per heavy atom. The normalized spacial score (nSPS) is 22.1. The first-order chi connectivity index (χ1) is 9.70. The number of benzene rings is 1. The summed E-state index contributed by atoms with van der Waals surface area (Å²) < 4.78 is 5.46. The maximum absolute atomic E-state index is 12.0. The van der Waals surface area contributed by atoms with Gasteiger partial charge in [-0.15, -0.1) is 0 Å². The van der Waals surface area contributed by atoms with E-state index in [-0.39, 0.29) is 12.1 Å². The standard InChI is InChI=1S/C15H22N2O3/c1-2-20-14-10-6-4-8-12(14)17-15(19)16-11-7-3-5-9-13(11)18/h4,6,8,10-11,13,18H,2-3,5,7,9H2,1H3,(H2,16,17,19)/t11-,13+/m1/s1. The Balaban J connectivity index is 1.94. The van der Waals surface area contributed by atoms with Gasteiger partial charge in [-0.25, -0.2) is 4.79 Å². The van der Waals surface area contributed by atoms with Crippen molar-refractivity contribution >= 4 is 11.7 Å². The van der Waals surface area contributed by atoms with Crippen LogP contribution in [0.2, 0.25) is 0 Å². The molecule has 1 aliphatic rings. The first-order valence-corrected chi connectivity index (χ1v) is 7.18. The molecule has 0 saturated heterocycles. The second-order valence-electron chi connectivity index (χ2n) is 4.99. The van der Waals surface area contributed by atoms with Gasteiger partial charge in [0, 0.05) is 0 Å². The van der Waals surface area contributed by atoms with Crippen molar-refractivity contribution in [1.29, 1.82) is 0 Å². The number of anilines is 1. The summed E-state index contributed by atoms with van der Waals surface area (Å²) >= 11 is 0. The van der Waals surface area contributed by atoms with Crippen LogP contribution >= 0.6 is 0 Å². The largest absolute Gasteiger partial charge is 0.492 e. The molecule has 5 heteroatoms. The molecule has 110 valence electrons. The number of aliphatic hydroxyl groups is 1. The van der Waals surface area contributed by atoms with E-state index in [9.17, 15) is 9.90 Å². The van der Waals surface area contributed by atoms with E-state index in [1.54, 1.807) is 6.07 Å². The Morgan fingerprint density at radius 3 is 2.85 bits per heavy atom. The number of para-hydroxylation sites is 2. The zero-order chi connectivity index (χ0) is 14.4. The lowest BCUT2D eigenvalue weighted by Crippen LogP contribution is -2.46. The highest BCUT2D eigenvalue weighted by Crippen LogP contribution is 2.24.